The Bertz CT molecular complexity index is 578. The van der Waals surface area contributed by atoms with Crippen LogP contribution >= 0.6 is 8.03 Å². The van der Waals surface area contributed by atoms with E-state index >= 15 is 0 Å². The van der Waals surface area contributed by atoms with E-state index in [-0.39, 0.29) is 19.4 Å². The van der Waals surface area contributed by atoms with Gasteiger partial charge >= 0.3 is 11.9 Å². The van der Waals surface area contributed by atoms with E-state index in [1.807, 2.05) is 0 Å². The summed E-state index contributed by atoms with van der Waals surface area (Å²) in [6, 6.07) is 6.88. The SMILES string of the molecule is COc1ccccc1NCC(C(CCC(=O)O)C(=O)O)[PH](=O)O. The molecule has 1 rings (SSSR count). The first-order valence-corrected chi connectivity index (χ1v) is 8.34. The van der Waals surface area contributed by atoms with Crippen LogP contribution in [0.25, 0.3) is 0 Å². The van der Waals surface area contributed by atoms with Crippen LogP contribution in [0.15, 0.2) is 24.3 Å². The van der Waals surface area contributed by atoms with Gasteiger partial charge in [-0.25, -0.2) is 0 Å². The molecule has 3 unspecified atom stereocenters. The molecule has 23 heavy (non-hydrogen) atoms. The second-order valence-corrected chi connectivity index (χ2v) is 6.32. The van der Waals surface area contributed by atoms with Crippen molar-refractivity contribution in [2.75, 3.05) is 19.0 Å². The zero-order valence-electron chi connectivity index (χ0n) is 12.6. The van der Waals surface area contributed by atoms with Crippen molar-refractivity contribution in [3.63, 3.8) is 0 Å². The fourth-order valence-corrected chi connectivity index (χ4v) is 3.12. The van der Waals surface area contributed by atoms with Crippen LogP contribution in [0.4, 0.5) is 5.69 Å². The number of carbonyl (C=O) groups is 2. The molecule has 0 saturated heterocycles. The Balaban J connectivity index is 2.85. The molecule has 9 heteroatoms. The summed E-state index contributed by atoms with van der Waals surface area (Å²) < 4.78 is 16.7. The molecule has 0 fully saturated rings. The van der Waals surface area contributed by atoms with Crippen molar-refractivity contribution in [3.05, 3.63) is 24.3 Å². The van der Waals surface area contributed by atoms with E-state index in [0.717, 1.165) is 0 Å². The highest BCUT2D eigenvalue weighted by Gasteiger charge is 2.32. The molecule has 0 aliphatic heterocycles. The van der Waals surface area contributed by atoms with Crippen molar-refractivity contribution >= 4 is 25.7 Å². The summed E-state index contributed by atoms with van der Waals surface area (Å²) in [4.78, 5) is 31.4. The third-order valence-corrected chi connectivity index (χ3v) is 4.65. The van der Waals surface area contributed by atoms with Crippen LogP contribution in [0.2, 0.25) is 0 Å². The number of anilines is 1. The van der Waals surface area contributed by atoms with Gasteiger partial charge in [-0.1, -0.05) is 12.1 Å². The van der Waals surface area contributed by atoms with Crippen LogP contribution in [0.5, 0.6) is 5.75 Å². The van der Waals surface area contributed by atoms with Gasteiger partial charge in [-0.2, -0.15) is 0 Å². The summed E-state index contributed by atoms with van der Waals surface area (Å²) in [7, 11) is -1.71. The highest BCUT2D eigenvalue weighted by Crippen LogP contribution is 2.33. The largest absolute Gasteiger partial charge is 0.495 e. The zero-order valence-corrected chi connectivity index (χ0v) is 13.6. The highest BCUT2D eigenvalue weighted by atomic mass is 31.1. The average Bonchev–Trinajstić information content (AvgIpc) is 2.49. The number of hydrogen-bond donors (Lipinski definition) is 4. The molecule has 1 aromatic carbocycles. The summed E-state index contributed by atoms with van der Waals surface area (Å²) in [5.41, 5.74) is -0.521. The van der Waals surface area contributed by atoms with Crippen LogP contribution in [0.3, 0.4) is 0 Å². The number of rotatable bonds is 10. The number of ether oxygens (including phenoxy) is 1. The van der Waals surface area contributed by atoms with Gasteiger partial charge in [0.05, 0.1) is 24.4 Å². The molecule has 0 spiro atoms. The van der Waals surface area contributed by atoms with E-state index in [1.165, 1.54) is 7.11 Å². The molecule has 4 N–H and O–H groups in total. The Labute approximate surface area is 134 Å². The lowest BCUT2D eigenvalue weighted by atomic mass is 9.99. The molecule has 0 aliphatic carbocycles. The molecular formula is C14H20NO7P. The molecule has 0 amide bonds. The van der Waals surface area contributed by atoms with E-state index in [1.54, 1.807) is 24.3 Å². The molecule has 0 bridgehead atoms. The quantitative estimate of drug-likeness (QED) is 0.469. The Morgan fingerprint density at radius 2 is 1.96 bits per heavy atom. The molecule has 0 aliphatic rings. The molecular weight excluding hydrogens is 325 g/mol. The maximum atomic E-state index is 11.6. The number of carboxylic acid groups (broad SMARTS) is 2. The second kappa shape index (κ2) is 9.17. The number of para-hydroxylation sites is 2. The summed E-state index contributed by atoms with van der Waals surface area (Å²) in [6.45, 7) is -0.0781. The lowest BCUT2D eigenvalue weighted by Crippen LogP contribution is -2.32. The minimum absolute atomic E-state index is 0.0781. The maximum absolute atomic E-state index is 11.6. The summed E-state index contributed by atoms with van der Waals surface area (Å²) in [6.07, 6.45) is -0.586. The van der Waals surface area contributed by atoms with Crippen molar-refractivity contribution in [2.24, 2.45) is 5.92 Å². The van der Waals surface area contributed by atoms with Crippen molar-refractivity contribution in [2.45, 2.75) is 18.5 Å². The van der Waals surface area contributed by atoms with Gasteiger partial charge in [-0.15, -0.1) is 0 Å². The third-order valence-electron chi connectivity index (χ3n) is 3.41. The Morgan fingerprint density at radius 3 is 2.48 bits per heavy atom. The van der Waals surface area contributed by atoms with Crippen molar-refractivity contribution in [3.8, 4) is 5.75 Å². The molecule has 3 atom stereocenters. The number of hydrogen-bond acceptors (Lipinski definition) is 5. The first kappa shape index (κ1) is 19.0. The van der Waals surface area contributed by atoms with Crippen molar-refractivity contribution in [1.29, 1.82) is 0 Å². The molecule has 0 saturated carbocycles. The number of carboxylic acids is 2. The van der Waals surface area contributed by atoms with Gasteiger partial charge in [0.15, 0.2) is 8.03 Å². The first-order valence-electron chi connectivity index (χ1n) is 6.91. The highest BCUT2D eigenvalue weighted by molar-refractivity contribution is 7.39. The van der Waals surface area contributed by atoms with Gasteiger partial charge in [0.2, 0.25) is 0 Å². The van der Waals surface area contributed by atoms with Crippen LogP contribution in [-0.4, -0.2) is 46.4 Å². The first-order chi connectivity index (χ1) is 10.9. The summed E-state index contributed by atoms with van der Waals surface area (Å²) in [5.74, 6) is -3.14. The Morgan fingerprint density at radius 1 is 1.30 bits per heavy atom. The predicted octanol–water partition coefficient (Wildman–Crippen LogP) is 1.51. The van der Waals surface area contributed by atoms with Crippen LogP contribution < -0.4 is 10.1 Å². The topological polar surface area (TPSA) is 133 Å². The fraction of sp³-hybridized carbons (Fsp3) is 0.429. The van der Waals surface area contributed by atoms with Crippen LogP contribution in [0, 0.1) is 5.92 Å². The number of nitrogens with one attached hydrogen (secondary N) is 1. The summed E-state index contributed by atoms with van der Waals surface area (Å²) >= 11 is 0. The molecule has 0 aromatic heterocycles. The van der Waals surface area contributed by atoms with E-state index < -0.39 is 31.5 Å². The minimum atomic E-state index is -3.18. The molecule has 128 valence electrons. The van der Waals surface area contributed by atoms with E-state index in [9.17, 15) is 24.2 Å². The molecule has 0 radical (unpaired) electrons. The zero-order chi connectivity index (χ0) is 17.4. The molecule has 8 nitrogen and oxygen atoms in total. The van der Waals surface area contributed by atoms with E-state index in [2.05, 4.69) is 5.32 Å². The van der Waals surface area contributed by atoms with E-state index in [0.29, 0.717) is 11.4 Å². The predicted molar refractivity (Wildman–Crippen MR) is 84.5 cm³/mol. The van der Waals surface area contributed by atoms with Gasteiger partial charge in [0, 0.05) is 13.0 Å². The Kier molecular flexibility index (Phi) is 7.57. The van der Waals surface area contributed by atoms with Crippen LogP contribution in [-0.2, 0) is 14.2 Å². The number of aliphatic carboxylic acids is 2. The normalized spacial score (nSPS) is 14.5. The lowest BCUT2D eigenvalue weighted by Gasteiger charge is -2.22. The Hall–Kier alpha value is -2.05. The third kappa shape index (κ3) is 5.92. The van der Waals surface area contributed by atoms with Crippen molar-refractivity contribution < 1.29 is 34.0 Å². The fourth-order valence-electron chi connectivity index (χ4n) is 2.19. The van der Waals surface area contributed by atoms with Gasteiger partial charge < -0.3 is 25.2 Å². The number of methoxy groups -OCH3 is 1. The van der Waals surface area contributed by atoms with Gasteiger partial charge in [0.25, 0.3) is 0 Å². The van der Waals surface area contributed by atoms with Gasteiger partial charge in [-0.3, -0.25) is 14.2 Å². The standard InChI is InChI=1S/C14H20NO7P/c1-22-11-5-3-2-4-10(11)15-8-12(23(20)21)9(14(18)19)6-7-13(16)17/h2-5,9,12,15,23H,6-8H2,1H3,(H,16,17)(H,18,19)(H,20,21). The van der Waals surface area contributed by atoms with Crippen LogP contribution in [0.1, 0.15) is 12.8 Å². The second-order valence-electron chi connectivity index (χ2n) is 4.90. The monoisotopic (exact) mass is 345 g/mol. The van der Waals surface area contributed by atoms with Gasteiger partial charge in [0.1, 0.15) is 5.75 Å². The van der Waals surface area contributed by atoms with E-state index in [4.69, 9.17) is 9.84 Å². The summed E-state index contributed by atoms with van der Waals surface area (Å²) in [5, 5.41) is 20.8. The smallest absolute Gasteiger partial charge is 0.307 e. The minimum Gasteiger partial charge on any atom is -0.495 e. The molecule has 1 aromatic rings. The maximum Gasteiger partial charge on any atom is 0.307 e. The molecule has 0 heterocycles. The van der Waals surface area contributed by atoms with Gasteiger partial charge in [-0.05, 0) is 18.6 Å². The lowest BCUT2D eigenvalue weighted by molar-refractivity contribution is -0.142. The number of benzene rings is 1. The van der Waals surface area contributed by atoms with Crippen molar-refractivity contribution in [1.82, 2.24) is 0 Å². The average molecular weight is 345 g/mol.